The third-order valence-corrected chi connectivity index (χ3v) is 8.62. The number of benzene rings is 1. The first-order valence-corrected chi connectivity index (χ1v) is 13.7. The second-order valence-corrected chi connectivity index (χ2v) is 11.5. The number of aryl methyl sites for hydroxylation is 4. The molecule has 0 bridgehead atoms. The topological polar surface area (TPSA) is 66.4 Å². The molecule has 0 saturated heterocycles. The Morgan fingerprint density at radius 2 is 1.85 bits per heavy atom. The normalized spacial score (nSPS) is 14.6. The van der Waals surface area contributed by atoms with Crippen molar-refractivity contribution >= 4 is 23.0 Å². The second-order valence-electron chi connectivity index (χ2n) is 10.4. The van der Waals surface area contributed by atoms with Crippen LogP contribution in [0.3, 0.4) is 0 Å². The largest absolute Gasteiger partial charge is 0.395 e. The zero-order chi connectivity index (χ0) is 24.9. The molecule has 1 amide bonds. The van der Waals surface area contributed by atoms with E-state index >= 15 is 0 Å². The minimum atomic E-state index is -0.0373. The van der Waals surface area contributed by atoms with Gasteiger partial charge in [-0.2, -0.15) is 0 Å². The number of ketones is 1. The lowest BCUT2D eigenvalue weighted by molar-refractivity contribution is -0.121. The summed E-state index contributed by atoms with van der Waals surface area (Å²) >= 11 is 1.74. The molecule has 34 heavy (non-hydrogen) atoms. The molecule has 2 aromatic rings. The quantitative estimate of drug-likeness (QED) is 0.412. The van der Waals surface area contributed by atoms with Crippen molar-refractivity contribution in [3.05, 3.63) is 55.3 Å². The minimum Gasteiger partial charge on any atom is -0.395 e. The maximum absolute atomic E-state index is 13.3. The Morgan fingerprint density at radius 3 is 2.53 bits per heavy atom. The molecule has 0 spiro atoms. The molecule has 1 aliphatic rings. The number of fused-ring (bicyclic) bond motifs is 1. The fourth-order valence-corrected chi connectivity index (χ4v) is 6.52. The Hall–Kier alpha value is -1.98. The van der Waals surface area contributed by atoms with E-state index in [-0.39, 0.29) is 12.5 Å². The molecule has 1 aliphatic carbocycles. The Kier molecular flexibility index (Phi) is 9.11. The molecule has 4 nitrogen and oxygen atoms in total. The molecule has 3 rings (SSSR count). The molecule has 186 valence electrons. The Bertz CT molecular complexity index is 1030. The number of hydrogen-bond acceptors (Lipinski definition) is 4. The first-order valence-electron chi connectivity index (χ1n) is 12.8. The van der Waals surface area contributed by atoms with Crippen LogP contribution in [0.5, 0.6) is 0 Å². The van der Waals surface area contributed by atoms with Crippen molar-refractivity contribution in [1.82, 2.24) is 5.32 Å². The number of amides is 1. The van der Waals surface area contributed by atoms with Gasteiger partial charge < -0.3 is 10.4 Å². The van der Waals surface area contributed by atoms with E-state index in [0.29, 0.717) is 37.0 Å². The van der Waals surface area contributed by atoms with Gasteiger partial charge in [0.2, 0.25) is 5.91 Å². The highest BCUT2D eigenvalue weighted by Crippen LogP contribution is 2.42. The summed E-state index contributed by atoms with van der Waals surface area (Å²) in [6.07, 6.45) is 7.61. The molecular weight excluding hydrogens is 442 g/mol. The van der Waals surface area contributed by atoms with Crippen LogP contribution in [0.25, 0.3) is 0 Å². The van der Waals surface area contributed by atoms with Gasteiger partial charge in [-0.1, -0.05) is 39.8 Å². The fourth-order valence-electron chi connectivity index (χ4n) is 5.24. The summed E-state index contributed by atoms with van der Waals surface area (Å²) in [5, 5.41) is 11.6. The van der Waals surface area contributed by atoms with Crippen molar-refractivity contribution < 1.29 is 14.7 Å². The van der Waals surface area contributed by atoms with Crippen LogP contribution < -0.4 is 5.32 Å². The SMILES string of the molecule is CCc1cc(CCC(=O)c2sc(CC)c3c2CCC(C)(C)C3)cc(C)c1CCC(=O)NCCO. The van der Waals surface area contributed by atoms with Gasteiger partial charge in [0, 0.05) is 24.3 Å². The number of hydrogen-bond donors (Lipinski definition) is 2. The highest BCUT2D eigenvalue weighted by atomic mass is 32.1. The molecule has 1 aromatic heterocycles. The molecule has 0 saturated carbocycles. The van der Waals surface area contributed by atoms with E-state index in [2.05, 4.69) is 52.1 Å². The molecule has 0 fully saturated rings. The van der Waals surface area contributed by atoms with Gasteiger partial charge in [-0.25, -0.2) is 0 Å². The van der Waals surface area contributed by atoms with Crippen LogP contribution in [-0.2, 0) is 43.3 Å². The zero-order valence-corrected chi connectivity index (χ0v) is 22.4. The number of rotatable bonds is 11. The molecule has 5 heteroatoms. The van der Waals surface area contributed by atoms with Crippen molar-refractivity contribution in [1.29, 1.82) is 0 Å². The molecule has 0 aliphatic heterocycles. The summed E-state index contributed by atoms with van der Waals surface area (Å²) in [5.41, 5.74) is 8.03. The Balaban J connectivity index is 1.70. The molecule has 0 atom stereocenters. The summed E-state index contributed by atoms with van der Waals surface area (Å²) in [6.45, 7) is 11.4. The predicted octanol–water partition coefficient (Wildman–Crippen LogP) is 5.55. The third kappa shape index (κ3) is 6.37. The van der Waals surface area contributed by atoms with Crippen LogP contribution in [0.15, 0.2) is 12.1 Å². The van der Waals surface area contributed by atoms with E-state index < -0.39 is 0 Å². The van der Waals surface area contributed by atoms with Gasteiger partial charge in [-0.05, 0) is 90.7 Å². The summed E-state index contributed by atoms with van der Waals surface area (Å²) in [4.78, 5) is 27.7. The van der Waals surface area contributed by atoms with Gasteiger partial charge >= 0.3 is 0 Å². The Labute approximate surface area is 209 Å². The van der Waals surface area contributed by atoms with Gasteiger partial charge in [-0.15, -0.1) is 11.3 Å². The summed E-state index contributed by atoms with van der Waals surface area (Å²) in [7, 11) is 0. The van der Waals surface area contributed by atoms with E-state index in [0.717, 1.165) is 43.4 Å². The van der Waals surface area contributed by atoms with Gasteiger partial charge in [0.25, 0.3) is 0 Å². The monoisotopic (exact) mass is 483 g/mol. The lowest BCUT2D eigenvalue weighted by Crippen LogP contribution is -2.26. The minimum absolute atomic E-state index is 0.0284. The fraction of sp³-hybridized carbons (Fsp3) is 0.586. The number of carbonyl (C=O) groups is 2. The summed E-state index contributed by atoms with van der Waals surface area (Å²) in [6, 6.07) is 4.42. The molecular formula is C29H41NO3S. The van der Waals surface area contributed by atoms with E-state index in [4.69, 9.17) is 5.11 Å². The zero-order valence-electron chi connectivity index (χ0n) is 21.6. The molecule has 1 heterocycles. The van der Waals surface area contributed by atoms with Crippen LogP contribution in [0.1, 0.15) is 94.9 Å². The number of Topliss-reactive ketones (excluding diaryl/α,β-unsaturated/α-hetero) is 1. The molecule has 0 unspecified atom stereocenters. The van der Waals surface area contributed by atoms with E-state index in [1.54, 1.807) is 11.3 Å². The van der Waals surface area contributed by atoms with Crippen molar-refractivity contribution in [3.8, 4) is 0 Å². The highest BCUT2D eigenvalue weighted by molar-refractivity contribution is 7.14. The van der Waals surface area contributed by atoms with E-state index in [1.807, 2.05) is 0 Å². The smallest absolute Gasteiger partial charge is 0.220 e. The number of nitrogens with one attached hydrogen (secondary N) is 1. The lowest BCUT2D eigenvalue weighted by Gasteiger charge is -2.30. The van der Waals surface area contributed by atoms with Gasteiger partial charge in [0.15, 0.2) is 5.78 Å². The maximum Gasteiger partial charge on any atom is 0.220 e. The van der Waals surface area contributed by atoms with Crippen molar-refractivity contribution in [3.63, 3.8) is 0 Å². The molecule has 1 aromatic carbocycles. The van der Waals surface area contributed by atoms with Crippen molar-refractivity contribution in [2.24, 2.45) is 5.41 Å². The highest BCUT2D eigenvalue weighted by Gasteiger charge is 2.31. The van der Waals surface area contributed by atoms with Gasteiger partial charge in [0.1, 0.15) is 0 Å². The maximum atomic E-state index is 13.3. The van der Waals surface area contributed by atoms with E-state index in [9.17, 15) is 9.59 Å². The van der Waals surface area contributed by atoms with Crippen LogP contribution in [-0.4, -0.2) is 29.9 Å². The number of aliphatic hydroxyl groups excluding tert-OH is 1. The molecule has 2 N–H and O–H groups in total. The van der Waals surface area contributed by atoms with Gasteiger partial charge in [0.05, 0.1) is 11.5 Å². The first-order chi connectivity index (χ1) is 16.2. The van der Waals surface area contributed by atoms with Crippen LogP contribution in [0, 0.1) is 12.3 Å². The summed E-state index contributed by atoms with van der Waals surface area (Å²) in [5.74, 6) is 0.264. The lowest BCUT2D eigenvalue weighted by atomic mass is 9.74. The van der Waals surface area contributed by atoms with E-state index in [1.165, 1.54) is 38.3 Å². The summed E-state index contributed by atoms with van der Waals surface area (Å²) < 4.78 is 0. The van der Waals surface area contributed by atoms with Crippen LogP contribution in [0.4, 0.5) is 0 Å². The standard InChI is InChI=1S/C29H41NO3S/c1-6-21-17-20(16-19(3)22(21)9-11-27(33)30-14-15-31)8-10-25(32)28-23-12-13-29(4,5)18-24(23)26(7-2)34-28/h16-17,31H,6-15,18H2,1-5H3,(H,30,33). The number of thiophene rings is 1. The molecule has 0 radical (unpaired) electrons. The van der Waals surface area contributed by atoms with Crippen molar-refractivity contribution in [2.75, 3.05) is 13.2 Å². The number of aliphatic hydroxyl groups is 1. The third-order valence-electron chi connectivity index (χ3n) is 7.16. The Morgan fingerprint density at radius 1 is 1.09 bits per heavy atom. The second kappa shape index (κ2) is 11.6. The first kappa shape index (κ1) is 26.6. The average molecular weight is 484 g/mol. The predicted molar refractivity (Wildman–Crippen MR) is 141 cm³/mol. The van der Waals surface area contributed by atoms with Crippen molar-refractivity contribution in [2.45, 2.75) is 92.4 Å². The van der Waals surface area contributed by atoms with Crippen LogP contribution >= 0.6 is 11.3 Å². The van der Waals surface area contributed by atoms with Gasteiger partial charge in [-0.3, -0.25) is 9.59 Å². The number of carbonyl (C=O) groups excluding carboxylic acids is 2. The average Bonchev–Trinajstić information content (AvgIpc) is 3.16. The van der Waals surface area contributed by atoms with Crippen LogP contribution in [0.2, 0.25) is 0 Å².